The first-order valence-electron chi connectivity index (χ1n) is 5.28. The van der Waals surface area contributed by atoms with Gasteiger partial charge in [-0.15, -0.1) is 0 Å². The molecule has 4 nitrogen and oxygen atoms in total. The van der Waals surface area contributed by atoms with Crippen molar-refractivity contribution in [2.24, 2.45) is 0 Å². The molecule has 0 heterocycles. The second-order valence-electron chi connectivity index (χ2n) is 3.66. The van der Waals surface area contributed by atoms with Gasteiger partial charge in [-0.1, -0.05) is 32.6 Å². The number of aliphatic hydroxyl groups is 4. The lowest BCUT2D eigenvalue weighted by Crippen LogP contribution is -2.39. The minimum absolute atomic E-state index is 0.470. The van der Waals surface area contributed by atoms with E-state index in [0.29, 0.717) is 6.42 Å². The zero-order chi connectivity index (χ0) is 11.0. The van der Waals surface area contributed by atoms with Crippen LogP contribution in [-0.2, 0) is 0 Å². The minimum Gasteiger partial charge on any atom is -0.394 e. The SMILES string of the molecule is CCCCCCC(O)C(O)C(O)CO. The van der Waals surface area contributed by atoms with Crippen LogP contribution in [-0.4, -0.2) is 45.3 Å². The van der Waals surface area contributed by atoms with Crippen LogP contribution < -0.4 is 0 Å². The van der Waals surface area contributed by atoms with Gasteiger partial charge in [0.1, 0.15) is 12.2 Å². The molecule has 3 atom stereocenters. The van der Waals surface area contributed by atoms with Gasteiger partial charge in [-0.25, -0.2) is 0 Å². The van der Waals surface area contributed by atoms with Gasteiger partial charge >= 0.3 is 0 Å². The van der Waals surface area contributed by atoms with Gasteiger partial charge < -0.3 is 20.4 Å². The van der Waals surface area contributed by atoms with Gasteiger partial charge in [0.2, 0.25) is 0 Å². The largest absolute Gasteiger partial charge is 0.394 e. The lowest BCUT2D eigenvalue weighted by Gasteiger charge is -2.21. The first-order chi connectivity index (χ1) is 6.63. The molecular weight excluding hydrogens is 184 g/mol. The highest BCUT2D eigenvalue weighted by atomic mass is 16.4. The molecule has 0 aliphatic rings. The lowest BCUT2D eigenvalue weighted by atomic mass is 10.0. The minimum atomic E-state index is -1.24. The van der Waals surface area contributed by atoms with Crippen LogP contribution in [0.25, 0.3) is 0 Å². The number of hydrogen-bond donors (Lipinski definition) is 4. The van der Waals surface area contributed by atoms with Crippen molar-refractivity contribution < 1.29 is 20.4 Å². The van der Waals surface area contributed by atoms with Crippen molar-refractivity contribution in [3.63, 3.8) is 0 Å². The summed E-state index contributed by atoms with van der Waals surface area (Å²) in [6.45, 7) is 1.58. The lowest BCUT2D eigenvalue weighted by molar-refractivity contribution is -0.0787. The summed E-state index contributed by atoms with van der Waals surface area (Å²) in [5.74, 6) is 0. The molecule has 0 fully saturated rings. The molecule has 0 rings (SSSR count). The zero-order valence-electron chi connectivity index (χ0n) is 8.76. The Morgan fingerprint density at radius 1 is 0.929 bits per heavy atom. The maximum atomic E-state index is 9.40. The van der Waals surface area contributed by atoms with Gasteiger partial charge in [-0.3, -0.25) is 0 Å². The Morgan fingerprint density at radius 3 is 2.07 bits per heavy atom. The molecule has 86 valence electrons. The van der Waals surface area contributed by atoms with Crippen LogP contribution in [0.4, 0.5) is 0 Å². The molecule has 3 unspecified atom stereocenters. The maximum Gasteiger partial charge on any atom is 0.108 e. The molecule has 0 saturated heterocycles. The summed E-state index contributed by atoms with van der Waals surface area (Å²) in [4.78, 5) is 0. The highest BCUT2D eigenvalue weighted by molar-refractivity contribution is 4.74. The standard InChI is InChI=1S/C10H22O4/c1-2-3-4-5-6-8(12)10(14)9(13)7-11/h8-14H,2-7H2,1H3. The Hall–Kier alpha value is -0.160. The van der Waals surface area contributed by atoms with Crippen molar-refractivity contribution in [2.75, 3.05) is 6.61 Å². The highest BCUT2D eigenvalue weighted by Crippen LogP contribution is 2.10. The molecule has 0 aromatic rings. The van der Waals surface area contributed by atoms with Gasteiger partial charge in [0.15, 0.2) is 0 Å². The van der Waals surface area contributed by atoms with Crippen LogP contribution in [0.15, 0.2) is 0 Å². The van der Waals surface area contributed by atoms with E-state index in [-0.39, 0.29) is 0 Å². The van der Waals surface area contributed by atoms with Crippen LogP contribution in [0.5, 0.6) is 0 Å². The van der Waals surface area contributed by atoms with Gasteiger partial charge in [-0.2, -0.15) is 0 Å². The Morgan fingerprint density at radius 2 is 1.57 bits per heavy atom. The van der Waals surface area contributed by atoms with E-state index < -0.39 is 24.9 Å². The summed E-state index contributed by atoms with van der Waals surface area (Å²) >= 11 is 0. The van der Waals surface area contributed by atoms with E-state index in [9.17, 15) is 10.2 Å². The summed E-state index contributed by atoms with van der Waals surface area (Å²) in [6, 6.07) is 0. The number of rotatable bonds is 8. The quantitative estimate of drug-likeness (QED) is 0.422. The molecule has 4 heteroatoms. The molecule has 0 saturated carbocycles. The zero-order valence-corrected chi connectivity index (χ0v) is 8.76. The predicted molar refractivity (Wildman–Crippen MR) is 53.9 cm³/mol. The molecule has 14 heavy (non-hydrogen) atoms. The second-order valence-corrected chi connectivity index (χ2v) is 3.66. The number of unbranched alkanes of at least 4 members (excludes halogenated alkanes) is 3. The van der Waals surface area contributed by atoms with Crippen LogP contribution in [0.2, 0.25) is 0 Å². The van der Waals surface area contributed by atoms with Crippen molar-refractivity contribution in [3.05, 3.63) is 0 Å². The molecule has 4 N–H and O–H groups in total. The van der Waals surface area contributed by atoms with Gasteiger partial charge in [-0.05, 0) is 6.42 Å². The van der Waals surface area contributed by atoms with Gasteiger partial charge in [0, 0.05) is 0 Å². The average Bonchev–Trinajstić information content (AvgIpc) is 2.21. The topological polar surface area (TPSA) is 80.9 Å². The molecule has 0 aliphatic heterocycles. The van der Waals surface area contributed by atoms with Crippen molar-refractivity contribution in [2.45, 2.75) is 57.3 Å². The molecule has 0 radical (unpaired) electrons. The molecule has 0 bridgehead atoms. The van der Waals surface area contributed by atoms with E-state index in [1.54, 1.807) is 0 Å². The summed E-state index contributed by atoms with van der Waals surface area (Å²) in [6.07, 6.45) is 1.16. The molecular formula is C10H22O4. The van der Waals surface area contributed by atoms with Gasteiger partial charge in [0.25, 0.3) is 0 Å². The third-order valence-corrected chi connectivity index (χ3v) is 2.33. The monoisotopic (exact) mass is 206 g/mol. The highest BCUT2D eigenvalue weighted by Gasteiger charge is 2.23. The summed E-state index contributed by atoms with van der Waals surface area (Å²) in [5.41, 5.74) is 0. The fourth-order valence-corrected chi connectivity index (χ4v) is 1.32. The Kier molecular flexibility index (Phi) is 8.08. The number of aliphatic hydroxyl groups excluding tert-OH is 4. The Balaban J connectivity index is 3.56. The van der Waals surface area contributed by atoms with Crippen molar-refractivity contribution >= 4 is 0 Å². The van der Waals surface area contributed by atoms with Crippen LogP contribution in [0.1, 0.15) is 39.0 Å². The maximum absolute atomic E-state index is 9.40. The molecule has 0 aromatic carbocycles. The van der Waals surface area contributed by atoms with E-state index in [2.05, 4.69) is 6.92 Å². The predicted octanol–water partition coefficient (Wildman–Crippen LogP) is 0.0318. The smallest absolute Gasteiger partial charge is 0.108 e. The Labute approximate surface area is 85.2 Å². The van der Waals surface area contributed by atoms with Crippen molar-refractivity contribution in [3.8, 4) is 0 Å². The van der Waals surface area contributed by atoms with E-state index >= 15 is 0 Å². The first kappa shape index (κ1) is 13.8. The van der Waals surface area contributed by atoms with Crippen LogP contribution in [0, 0.1) is 0 Å². The summed E-state index contributed by atoms with van der Waals surface area (Å²) < 4.78 is 0. The molecule has 0 aliphatic carbocycles. The van der Waals surface area contributed by atoms with E-state index in [0.717, 1.165) is 25.7 Å². The van der Waals surface area contributed by atoms with Crippen LogP contribution in [0.3, 0.4) is 0 Å². The Bertz CT molecular complexity index is 129. The van der Waals surface area contributed by atoms with E-state index in [1.165, 1.54) is 0 Å². The summed E-state index contributed by atoms with van der Waals surface area (Å²) in [7, 11) is 0. The molecule has 0 spiro atoms. The fraction of sp³-hybridized carbons (Fsp3) is 1.00. The molecule has 0 aromatic heterocycles. The van der Waals surface area contributed by atoms with Crippen molar-refractivity contribution in [1.82, 2.24) is 0 Å². The third kappa shape index (κ3) is 5.54. The third-order valence-electron chi connectivity index (χ3n) is 2.33. The van der Waals surface area contributed by atoms with E-state index in [1.807, 2.05) is 0 Å². The number of hydrogen-bond acceptors (Lipinski definition) is 4. The van der Waals surface area contributed by atoms with Crippen molar-refractivity contribution in [1.29, 1.82) is 0 Å². The fourth-order valence-electron chi connectivity index (χ4n) is 1.32. The van der Waals surface area contributed by atoms with Gasteiger partial charge in [0.05, 0.1) is 12.7 Å². The average molecular weight is 206 g/mol. The van der Waals surface area contributed by atoms with Crippen LogP contribution >= 0.6 is 0 Å². The first-order valence-corrected chi connectivity index (χ1v) is 5.28. The molecule has 0 amide bonds. The normalized spacial score (nSPS) is 17.8. The summed E-state index contributed by atoms with van der Waals surface area (Å²) in [5, 5.41) is 36.3. The van der Waals surface area contributed by atoms with E-state index in [4.69, 9.17) is 10.2 Å². The second kappa shape index (κ2) is 8.17.